The molecule has 0 aliphatic heterocycles. The van der Waals surface area contributed by atoms with E-state index >= 15 is 0 Å². The molecule has 0 spiro atoms. The van der Waals surface area contributed by atoms with Gasteiger partial charge in [0.25, 0.3) is 5.91 Å². The number of carbonyl (C=O) groups excluding carboxylic acids is 1. The van der Waals surface area contributed by atoms with Gasteiger partial charge in [0, 0.05) is 26.7 Å². The molecular formula is C12H23N5OS. The lowest BCUT2D eigenvalue weighted by molar-refractivity contribution is 0.0723. The summed E-state index contributed by atoms with van der Waals surface area (Å²) >= 11 is 1.29. The summed E-state index contributed by atoms with van der Waals surface area (Å²) in [6, 6.07) is 0. The number of anilines is 1. The van der Waals surface area contributed by atoms with Crippen LogP contribution < -0.4 is 5.32 Å². The van der Waals surface area contributed by atoms with Crippen molar-refractivity contribution >= 4 is 22.4 Å². The van der Waals surface area contributed by atoms with Crippen LogP contribution in [0.3, 0.4) is 0 Å². The van der Waals surface area contributed by atoms with E-state index < -0.39 is 0 Å². The summed E-state index contributed by atoms with van der Waals surface area (Å²) in [6.45, 7) is 6.50. The maximum Gasteiger partial charge on any atom is 0.284 e. The summed E-state index contributed by atoms with van der Waals surface area (Å²) in [5.41, 5.74) is 0. The molecule has 108 valence electrons. The van der Waals surface area contributed by atoms with Gasteiger partial charge in [-0.25, -0.2) is 0 Å². The number of amides is 1. The normalized spacial score (nSPS) is 11.1. The Morgan fingerprint density at radius 2 is 2.00 bits per heavy atom. The van der Waals surface area contributed by atoms with E-state index in [4.69, 9.17) is 0 Å². The fourth-order valence-electron chi connectivity index (χ4n) is 1.58. The molecule has 19 heavy (non-hydrogen) atoms. The highest BCUT2D eigenvalue weighted by atomic mass is 32.1. The zero-order valence-electron chi connectivity index (χ0n) is 12.3. The zero-order chi connectivity index (χ0) is 14.4. The molecule has 1 amide bonds. The minimum Gasteiger partial charge on any atom is -0.363 e. The highest BCUT2D eigenvalue weighted by Gasteiger charge is 2.20. The number of likely N-dealkylation sites (N-methyl/N-ethyl adjacent to an activating group) is 1. The quantitative estimate of drug-likeness (QED) is 0.816. The van der Waals surface area contributed by atoms with Gasteiger partial charge in [0.2, 0.25) is 10.1 Å². The minimum atomic E-state index is -0.0328. The van der Waals surface area contributed by atoms with Crippen LogP contribution in [-0.2, 0) is 0 Å². The van der Waals surface area contributed by atoms with E-state index in [-0.39, 0.29) is 5.91 Å². The Labute approximate surface area is 118 Å². The summed E-state index contributed by atoms with van der Waals surface area (Å²) in [5, 5.41) is 11.9. The van der Waals surface area contributed by atoms with Crippen molar-refractivity contribution in [2.45, 2.75) is 13.8 Å². The van der Waals surface area contributed by atoms with Crippen molar-refractivity contribution in [2.24, 2.45) is 5.92 Å². The van der Waals surface area contributed by atoms with Gasteiger partial charge >= 0.3 is 0 Å². The number of hydrogen-bond donors (Lipinski definition) is 1. The molecule has 0 aliphatic rings. The van der Waals surface area contributed by atoms with Crippen molar-refractivity contribution in [1.29, 1.82) is 0 Å². The molecule has 0 bridgehead atoms. The molecule has 7 heteroatoms. The van der Waals surface area contributed by atoms with E-state index in [0.717, 1.165) is 13.1 Å². The summed E-state index contributed by atoms with van der Waals surface area (Å²) < 4.78 is 0. The predicted molar refractivity (Wildman–Crippen MR) is 78.8 cm³/mol. The molecule has 0 unspecified atom stereocenters. The van der Waals surface area contributed by atoms with Crippen LogP contribution in [0, 0.1) is 5.92 Å². The van der Waals surface area contributed by atoms with Crippen LogP contribution in [0.4, 0.5) is 5.13 Å². The lowest BCUT2D eigenvalue weighted by Crippen LogP contribution is -2.39. The first kappa shape index (κ1) is 15.8. The van der Waals surface area contributed by atoms with Gasteiger partial charge in [0.15, 0.2) is 0 Å². The molecule has 0 saturated carbocycles. The molecule has 0 aromatic carbocycles. The monoisotopic (exact) mass is 285 g/mol. The highest BCUT2D eigenvalue weighted by Crippen LogP contribution is 2.16. The van der Waals surface area contributed by atoms with Crippen LogP contribution in [0.25, 0.3) is 0 Å². The first-order valence-corrected chi connectivity index (χ1v) is 7.21. The van der Waals surface area contributed by atoms with Crippen molar-refractivity contribution < 1.29 is 4.79 Å². The van der Waals surface area contributed by atoms with Crippen molar-refractivity contribution in [3.8, 4) is 0 Å². The molecule has 1 aromatic heterocycles. The number of nitrogens with zero attached hydrogens (tertiary/aromatic N) is 4. The molecule has 1 aromatic rings. The molecule has 0 aliphatic carbocycles. The summed E-state index contributed by atoms with van der Waals surface area (Å²) in [6.07, 6.45) is 0. The van der Waals surface area contributed by atoms with Gasteiger partial charge in [0.1, 0.15) is 0 Å². The Hall–Kier alpha value is -1.21. The molecule has 1 N–H and O–H groups in total. The summed E-state index contributed by atoms with van der Waals surface area (Å²) in [7, 11) is 5.77. The Morgan fingerprint density at radius 3 is 2.47 bits per heavy atom. The lowest BCUT2D eigenvalue weighted by Gasteiger charge is -2.25. The van der Waals surface area contributed by atoms with Gasteiger partial charge in [-0.05, 0) is 20.0 Å². The van der Waals surface area contributed by atoms with Crippen LogP contribution in [0.2, 0.25) is 0 Å². The van der Waals surface area contributed by atoms with Crippen molar-refractivity contribution in [2.75, 3.05) is 46.1 Å². The average Bonchev–Trinajstić information content (AvgIpc) is 2.81. The predicted octanol–water partition coefficient (Wildman–Crippen LogP) is 1.24. The molecule has 0 saturated heterocycles. The van der Waals surface area contributed by atoms with E-state index in [1.165, 1.54) is 11.3 Å². The van der Waals surface area contributed by atoms with Gasteiger partial charge in [-0.2, -0.15) is 0 Å². The molecule has 0 fully saturated rings. The second kappa shape index (κ2) is 7.40. The van der Waals surface area contributed by atoms with Crippen molar-refractivity contribution in [3.63, 3.8) is 0 Å². The van der Waals surface area contributed by atoms with Gasteiger partial charge in [-0.3, -0.25) is 4.79 Å². The number of carbonyl (C=O) groups is 1. The number of hydrogen-bond acceptors (Lipinski definition) is 6. The van der Waals surface area contributed by atoms with E-state index in [9.17, 15) is 4.79 Å². The summed E-state index contributed by atoms with van der Waals surface area (Å²) in [5.74, 6) is 0.400. The Kier molecular flexibility index (Phi) is 6.17. The third kappa shape index (κ3) is 5.12. The van der Waals surface area contributed by atoms with E-state index in [1.807, 2.05) is 19.0 Å². The van der Waals surface area contributed by atoms with E-state index in [2.05, 4.69) is 34.3 Å². The topological polar surface area (TPSA) is 61.4 Å². The number of aromatic nitrogens is 2. The standard InChI is InChI=1S/C12H23N5OS/c1-9(2)8-17(7-6-16(4)5)11(18)10-14-15-12(13-3)19-10/h9H,6-8H2,1-5H3,(H,13,15). The average molecular weight is 285 g/mol. The Bertz CT molecular complexity index is 405. The summed E-state index contributed by atoms with van der Waals surface area (Å²) in [4.78, 5) is 16.3. The zero-order valence-corrected chi connectivity index (χ0v) is 13.1. The fraction of sp³-hybridized carbons (Fsp3) is 0.750. The second-order valence-electron chi connectivity index (χ2n) is 5.11. The molecule has 1 heterocycles. The largest absolute Gasteiger partial charge is 0.363 e. The number of rotatable bonds is 7. The second-order valence-corrected chi connectivity index (χ2v) is 6.09. The lowest BCUT2D eigenvalue weighted by atomic mass is 10.2. The maximum atomic E-state index is 12.4. The first-order chi connectivity index (χ1) is 8.93. The Balaban J connectivity index is 2.74. The van der Waals surface area contributed by atoms with Crippen LogP contribution in [0.1, 0.15) is 23.6 Å². The molecule has 1 rings (SSSR count). The van der Waals surface area contributed by atoms with Crippen LogP contribution in [-0.4, -0.2) is 66.7 Å². The van der Waals surface area contributed by atoms with Gasteiger partial charge in [-0.1, -0.05) is 25.2 Å². The molecule has 6 nitrogen and oxygen atoms in total. The first-order valence-electron chi connectivity index (χ1n) is 6.39. The molecule has 0 atom stereocenters. The Morgan fingerprint density at radius 1 is 1.32 bits per heavy atom. The molecule has 0 radical (unpaired) electrons. The smallest absolute Gasteiger partial charge is 0.284 e. The van der Waals surface area contributed by atoms with E-state index in [0.29, 0.717) is 22.6 Å². The van der Waals surface area contributed by atoms with Crippen LogP contribution in [0.5, 0.6) is 0 Å². The van der Waals surface area contributed by atoms with Crippen molar-refractivity contribution in [1.82, 2.24) is 20.0 Å². The maximum absolute atomic E-state index is 12.4. The number of nitrogens with one attached hydrogen (secondary N) is 1. The third-order valence-electron chi connectivity index (χ3n) is 2.51. The van der Waals surface area contributed by atoms with Gasteiger partial charge in [-0.15, -0.1) is 10.2 Å². The fourth-order valence-corrected chi connectivity index (χ4v) is 2.25. The van der Waals surface area contributed by atoms with Gasteiger partial charge in [0.05, 0.1) is 0 Å². The van der Waals surface area contributed by atoms with Crippen molar-refractivity contribution in [3.05, 3.63) is 5.01 Å². The third-order valence-corrected chi connectivity index (χ3v) is 3.44. The molecular weight excluding hydrogens is 262 g/mol. The van der Waals surface area contributed by atoms with Crippen LogP contribution in [0.15, 0.2) is 0 Å². The minimum absolute atomic E-state index is 0.0328. The SMILES string of the molecule is CNc1nnc(C(=O)N(CCN(C)C)CC(C)C)s1. The van der Waals surface area contributed by atoms with Gasteiger partial charge < -0.3 is 15.1 Å². The van der Waals surface area contributed by atoms with Crippen LogP contribution >= 0.6 is 11.3 Å². The highest BCUT2D eigenvalue weighted by molar-refractivity contribution is 7.17. The van der Waals surface area contributed by atoms with E-state index in [1.54, 1.807) is 7.05 Å².